The molecular formula is C51H31N3OS. The van der Waals surface area contributed by atoms with Gasteiger partial charge in [-0.3, -0.25) is 0 Å². The fourth-order valence-electron chi connectivity index (χ4n) is 7.89. The van der Waals surface area contributed by atoms with Crippen molar-refractivity contribution in [3.05, 3.63) is 188 Å². The summed E-state index contributed by atoms with van der Waals surface area (Å²) >= 11 is 1.78. The highest BCUT2D eigenvalue weighted by atomic mass is 32.1. The molecular weight excluding hydrogens is 703 g/mol. The quantitative estimate of drug-likeness (QED) is 0.171. The zero-order valence-electron chi connectivity index (χ0n) is 30.1. The highest BCUT2D eigenvalue weighted by molar-refractivity contribution is 7.26. The van der Waals surface area contributed by atoms with E-state index in [4.69, 9.17) is 19.4 Å². The van der Waals surface area contributed by atoms with Gasteiger partial charge in [-0.1, -0.05) is 152 Å². The van der Waals surface area contributed by atoms with Crippen LogP contribution < -0.4 is 0 Å². The van der Waals surface area contributed by atoms with Crippen LogP contribution in [0.15, 0.2) is 192 Å². The summed E-state index contributed by atoms with van der Waals surface area (Å²) in [6.45, 7) is 0. The van der Waals surface area contributed by atoms with Crippen LogP contribution in [0.3, 0.4) is 0 Å². The normalized spacial score (nSPS) is 11.6. The monoisotopic (exact) mass is 733 g/mol. The van der Waals surface area contributed by atoms with E-state index in [2.05, 4.69) is 121 Å². The van der Waals surface area contributed by atoms with Crippen molar-refractivity contribution in [2.45, 2.75) is 0 Å². The maximum Gasteiger partial charge on any atom is 0.165 e. The van der Waals surface area contributed by atoms with E-state index < -0.39 is 0 Å². The van der Waals surface area contributed by atoms with Crippen molar-refractivity contribution in [1.29, 1.82) is 0 Å². The first-order chi connectivity index (χ1) is 27.7. The zero-order valence-corrected chi connectivity index (χ0v) is 30.9. The highest BCUT2D eigenvalue weighted by Gasteiger charge is 2.21. The van der Waals surface area contributed by atoms with Crippen molar-refractivity contribution < 1.29 is 4.42 Å². The van der Waals surface area contributed by atoms with E-state index in [1.807, 2.05) is 66.7 Å². The lowest BCUT2D eigenvalue weighted by Gasteiger charge is -2.11. The van der Waals surface area contributed by atoms with Crippen molar-refractivity contribution in [1.82, 2.24) is 15.0 Å². The van der Waals surface area contributed by atoms with Gasteiger partial charge in [0.25, 0.3) is 0 Å². The lowest BCUT2D eigenvalue weighted by Crippen LogP contribution is -2.00. The number of aromatic nitrogens is 3. The predicted molar refractivity (Wildman–Crippen MR) is 233 cm³/mol. The maximum atomic E-state index is 6.65. The number of rotatable bonds is 6. The lowest BCUT2D eigenvalue weighted by atomic mass is 9.92. The molecule has 0 atom stereocenters. The topological polar surface area (TPSA) is 51.8 Å². The fourth-order valence-corrected chi connectivity index (χ4v) is 9.13. The molecule has 3 aromatic heterocycles. The number of thiophene rings is 1. The van der Waals surface area contributed by atoms with Gasteiger partial charge in [0.1, 0.15) is 11.2 Å². The first-order valence-electron chi connectivity index (χ1n) is 18.7. The second kappa shape index (κ2) is 13.3. The standard InChI is InChI=1S/C51H31N3OS/c1-4-15-32(16-5-1)35-21-12-22-36(29-35)42-30-37(31-43-39-23-10-11-27-44(39)55-47(42)43)38-24-14-28-45-46(38)40-25-13-26-41(48(40)56-45)51-53-49(33-17-6-2-7-18-33)52-50(54-51)34-19-8-3-9-20-34/h1-31H. The molecule has 0 saturated carbocycles. The van der Waals surface area contributed by atoms with Gasteiger partial charge in [0, 0.05) is 53.2 Å². The average molecular weight is 734 g/mol. The van der Waals surface area contributed by atoms with Gasteiger partial charge in [-0.25, -0.2) is 15.0 Å². The Morgan fingerprint density at radius 2 is 0.929 bits per heavy atom. The Kier molecular flexibility index (Phi) is 7.64. The summed E-state index contributed by atoms with van der Waals surface area (Å²) in [7, 11) is 0. The molecule has 0 N–H and O–H groups in total. The van der Waals surface area contributed by atoms with Crippen molar-refractivity contribution in [3.8, 4) is 67.5 Å². The Bertz CT molecular complexity index is 3180. The van der Waals surface area contributed by atoms with Gasteiger partial charge in [0.05, 0.1) is 0 Å². The van der Waals surface area contributed by atoms with Crippen molar-refractivity contribution in [3.63, 3.8) is 0 Å². The summed E-state index contributed by atoms with van der Waals surface area (Å²) in [5.74, 6) is 1.96. The molecule has 0 aliphatic rings. The van der Waals surface area contributed by atoms with Crippen LogP contribution in [0.2, 0.25) is 0 Å². The van der Waals surface area contributed by atoms with Gasteiger partial charge in [-0.15, -0.1) is 11.3 Å². The van der Waals surface area contributed by atoms with E-state index in [1.165, 1.54) is 32.2 Å². The summed E-state index contributed by atoms with van der Waals surface area (Å²) in [6.07, 6.45) is 0. The predicted octanol–water partition coefficient (Wildman–Crippen LogP) is 14.1. The van der Waals surface area contributed by atoms with Crippen LogP contribution in [-0.4, -0.2) is 15.0 Å². The van der Waals surface area contributed by atoms with Gasteiger partial charge in [0.2, 0.25) is 0 Å². The van der Waals surface area contributed by atoms with E-state index >= 15 is 0 Å². The minimum Gasteiger partial charge on any atom is -0.455 e. The zero-order chi connectivity index (χ0) is 37.0. The molecule has 3 heterocycles. The van der Waals surface area contributed by atoms with Gasteiger partial charge in [-0.2, -0.15) is 0 Å². The molecule has 0 radical (unpaired) electrons. The summed E-state index contributed by atoms with van der Waals surface area (Å²) in [5.41, 5.74) is 11.5. The average Bonchev–Trinajstić information content (AvgIpc) is 3.86. The van der Waals surface area contributed by atoms with Crippen molar-refractivity contribution in [2.24, 2.45) is 0 Å². The largest absolute Gasteiger partial charge is 0.455 e. The van der Waals surface area contributed by atoms with Crippen molar-refractivity contribution in [2.75, 3.05) is 0 Å². The summed E-state index contributed by atoms with van der Waals surface area (Å²) < 4.78 is 9.00. The minimum atomic E-state index is 0.651. The van der Waals surface area contributed by atoms with Crippen LogP contribution in [-0.2, 0) is 0 Å². The fraction of sp³-hybridized carbons (Fsp3) is 0. The molecule has 0 unspecified atom stereocenters. The third kappa shape index (κ3) is 5.48. The highest BCUT2D eigenvalue weighted by Crippen LogP contribution is 2.46. The van der Waals surface area contributed by atoms with E-state index in [9.17, 15) is 0 Å². The molecule has 11 aromatic rings. The van der Waals surface area contributed by atoms with E-state index in [1.54, 1.807) is 11.3 Å². The molecule has 0 amide bonds. The van der Waals surface area contributed by atoms with Crippen LogP contribution in [0.1, 0.15) is 0 Å². The maximum absolute atomic E-state index is 6.65. The van der Waals surface area contributed by atoms with Gasteiger partial charge in [0.15, 0.2) is 17.5 Å². The van der Waals surface area contributed by atoms with Gasteiger partial charge in [-0.05, 0) is 64.2 Å². The number of hydrogen-bond acceptors (Lipinski definition) is 5. The van der Waals surface area contributed by atoms with Crippen LogP contribution >= 0.6 is 11.3 Å². The summed E-state index contributed by atoms with van der Waals surface area (Å²) in [6, 6.07) is 65.7. The smallest absolute Gasteiger partial charge is 0.165 e. The van der Waals surface area contributed by atoms with Crippen LogP contribution in [0, 0.1) is 0 Å². The third-order valence-corrected chi connectivity index (χ3v) is 11.7. The number of benzene rings is 8. The number of hydrogen-bond donors (Lipinski definition) is 0. The second-order valence-electron chi connectivity index (χ2n) is 13.9. The van der Waals surface area contributed by atoms with Crippen LogP contribution in [0.5, 0.6) is 0 Å². The van der Waals surface area contributed by atoms with Gasteiger partial charge >= 0.3 is 0 Å². The first kappa shape index (κ1) is 32.2. The van der Waals surface area contributed by atoms with E-state index in [0.717, 1.165) is 60.0 Å². The molecule has 0 spiro atoms. The summed E-state index contributed by atoms with van der Waals surface area (Å²) in [4.78, 5) is 15.2. The Hall–Kier alpha value is -7.21. The van der Waals surface area contributed by atoms with E-state index in [0.29, 0.717) is 17.5 Å². The van der Waals surface area contributed by atoms with Gasteiger partial charge < -0.3 is 4.42 Å². The SMILES string of the molecule is c1ccc(-c2cccc(-c3cc(-c4cccc5sc6c(-c7nc(-c8ccccc8)nc(-c8ccccc8)n7)cccc6c45)cc4c3oc3ccccc34)c2)cc1. The Morgan fingerprint density at radius 1 is 0.357 bits per heavy atom. The molecule has 11 rings (SSSR count). The number of para-hydroxylation sites is 1. The molecule has 8 aromatic carbocycles. The minimum absolute atomic E-state index is 0.651. The van der Waals surface area contributed by atoms with Crippen LogP contribution in [0.4, 0.5) is 0 Å². The number of nitrogens with zero attached hydrogens (tertiary/aromatic N) is 3. The molecule has 0 fully saturated rings. The molecule has 56 heavy (non-hydrogen) atoms. The molecule has 4 nitrogen and oxygen atoms in total. The Labute approximate surface area is 327 Å². The second-order valence-corrected chi connectivity index (χ2v) is 15.0. The Morgan fingerprint density at radius 3 is 1.68 bits per heavy atom. The molecule has 0 saturated heterocycles. The Balaban J connectivity index is 1.13. The molecule has 0 aliphatic carbocycles. The molecule has 0 aliphatic heterocycles. The first-order valence-corrected chi connectivity index (χ1v) is 19.5. The summed E-state index contributed by atoms with van der Waals surface area (Å²) in [5, 5.41) is 4.59. The number of fused-ring (bicyclic) bond motifs is 6. The lowest BCUT2D eigenvalue weighted by molar-refractivity contribution is 0.670. The molecule has 0 bridgehead atoms. The molecule has 5 heteroatoms. The third-order valence-electron chi connectivity index (χ3n) is 10.5. The van der Waals surface area contributed by atoms with Crippen molar-refractivity contribution >= 4 is 53.4 Å². The van der Waals surface area contributed by atoms with Crippen LogP contribution in [0.25, 0.3) is 110 Å². The molecule has 262 valence electrons. The van der Waals surface area contributed by atoms with E-state index in [-0.39, 0.29) is 0 Å². The number of furan rings is 1.